The molecule has 0 aromatic heterocycles. The minimum Gasteiger partial charge on any atom is -0.314 e. The normalized spacial score (nSPS) is 17.3. The Morgan fingerprint density at radius 1 is 1.31 bits per heavy atom. The molecular formula is C12H15FN2O. The Bertz CT molecular complexity index is 375. The van der Waals surface area contributed by atoms with Gasteiger partial charge in [0.15, 0.2) is 5.78 Å². The summed E-state index contributed by atoms with van der Waals surface area (Å²) in [6.45, 7) is 3.79. The second-order valence-electron chi connectivity index (χ2n) is 3.93. The van der Waals surface area contributed by atoms with Crippen LogP contribution in [0.2, 0.25) is 0 Å². The molecule has 4 heteroatoms. The van der Waals surface area contributed by atoms with Crippen LogP contribution in [0.5, 0.6) is 0 Å². The monoisotopic (exact) mass is 222 g/mol. The summed E-state index contributed by atoms with van der Waals surface area (Å²) in [4.78, 5) is 13.9. The number of piperazine rings is 1. The van der Waals surface area contributed by atoms with Crippen LogP contribution in [0, 0.1) is 5.82 Å². The van der Waals surface area contributed by atoms with Crippen molar-refractivity contribution in [2.75, 3.05) is 32.7 Å². The number of nitrogens with one attached hydrogen (secondary N) is 1. The highest BCUT2D eigenvalue weighted by atomic mass is 19.1. The standard InChI is InChI=1S/C12H15FN2O/c13-11-4-2-1-3-10(11)12(16)9-15-7-5-14-6-8-15/h1-4,14H,5-9H2. The van der Waals surface area contributed by atoms with Crippen LogP contribution in [-0.4, -0.2) is 43.4 Å². The van der Waals surface area contributed by atoms with E-state index in [-0.39, 0.29) is 11.3 Å². The van der Waals surface area contributed by atoms with E-state index in [1.165, 1.54) is 6.07 Å². The first kappa shape index (κ1) is 11.2. The first-order valence-electron chi connectivity index (χ1n) is 5.48. The number of Topliss-reactive ketones (excluding diaryl/α,β-unsaturated/α-hetero) is 1. The molecule has 0 saturated carbocycles. The zero-order valence-electron chi connectivity index (χ0n) is 9.08. The first-order chi connectivity index (χ1) is 7.77. The van der Waals surface area contributed by atoms with E-state index in [0.29, 0.717) is 6.54 Å². The topological polar surface area (TPSA) is 32.3 Å². The summed E-state index contributed by atoms with van der Waals surface area (Å²) in [6, 6.07) is 6.15. The molecule has 0 atom stereocenters. The Balaban J connectivity index is 2.00. The molecule has 0 spiro atoms. The lowest BCUT2D eigenvalue weighted by Crippen LogP contribution is -2.45. The number of hydrogen-bond acceptors (Lipinski definition) is 3. The third-order valence-corrected chi connectivity index (χ3v) is 2.75. The van der Waals surface area contributed by atoms with Gasteiger partial charge in [-0.3, -0.25) is 9.69 Å². The van der Waals surface area contributed by atoms with Gasteiger partial charge in [-0.1, -0.05) is 12.1 Å². The van der Waals surface area contributed by atoms with Crippen molar-refractivity contribution >= 4 is 5.78 Å². The predicted octanol–water partition coefficient (Wildman–Crippen LogP) is 0.914. The molecule has 86 valence electrons. The summed E-state index contributed by atoms with van der Waals surface area (Å²) in [5.41, 5.74) is 0.195. The maximum Gasteiger partial charge on any atom is 0.179 e. The van der Waals surface area contributed by atoms with E-state index in [9.17, 15) is 9.18 Å². The maximum atomic E-state index is 13.3. The fraction of sp³-hybridized carbons (Fsp3) is 0.417. The fourth-order valence-electron chi connectivity index (χ4n) is 1.84. The van der Waals surface area contributed by atoms with Crippen molar-refractivity contribution in [3.8, 4) is 0 Å². The molecule has 1 aliphatic rings. The molecule has 0 radical (unpaired) electrons. The van der Waals surface area contributed by atoms with Crippen molar-refractivity contribution in [3.63, 3.8) is 0 Å². The van der Waals surface area contributed by atoms with E-state index in [4.69, 9.17) is 0 Å². The van der Waals surface area contributed by atoms with E-state index < -0.39 is 5.82 Å². The van der Waals surface area contributed by atoms with Crippen molar-refractivity contribution in [2.24, 2.45) is 0 Å². The molecule has 3 nitrogen and oxygen atoms in total. The number of nitrogens with zero attached hydrogens (tertiary/aromatic N) is 1. The summed E-state index contributed by atoms with van der Waals surface area (Å²) >= 11 is 0. The van der Waals surface area contributed by atoms with E-state index >= 15 is 0 Å². The van der Waals surface area contributed by atoms with Crippen LogP contribution in [0.15, 0.2) is 24.3 Å². The van der Waals surface area contributed by atoms with Crippen LogP contribution in [0.1, 0.15) is 10.4 Å². The SMILES string of the molecule is O=C(CN1CCNCC1)c1ccccc1F. The summed E-state index contributed by atoms with van der Waals surface area (Å²) < 4.78 is 13.3. The number of ketones is 1. The predicted molar refractivity (Wildman–Crippen MR) is 60.0 cm³/mol. The maximum absolute atomic E-state index is 13.3. The third-order valence-electron chi connectivity index (χ3n) is 2.75. The molecule has 2 rings (SSSR count). The van der Waals surface area contributed by atoms with E-state index in [1.807, 2.05) is 4.90 Å². The molecule has 1 aliphatic heterocycles. The molecule has 0 aliphatic carbocycles. The molecule has 0 bridgehead atoms. The number of carbonyl (C=O) groups is 1. The molecule has 1 N–H and O–H groups in total. The zero-order valence-corrected chi connectivity index (χ0v) is 9.08. The van der Waals surface area contributed by atoms with Gasteiger partial charge in [-0.2, -0.15) is 0 Å². The minimum atomic E-state index is -0.428. The van der Waals surface area contributed by atoms with Gasteiger partial charge in [0.25, 0.3) is 0 Å². The number of rotatable bonds is 3. The highest BCUT2D eigenvalue weighted by Crippen LogP contribution is 2.08. The lowest BCUT2D eigenvalue weighted by molar-refractivity contribution is 0.0917. The second kappa shape index (κ2) is 5.18. The van der Waals surface area contributed by atoms with Gasteiger partial charge >= 0.3 is 0 Å². The van der Waals surface area contributed by atoms with Crippen LogP contribution < -0.4 is 5.32 Å². The highest BCUT2D eigenvalue weighted by Gasteiger charge is 2.16. The smallest absolute Gasteiger partial charge is 0.179 e. The molecule has 1 aromatic rings. The number of carbonyl (C=O) groups excluding carboxylic acids is 1. The van der Waals surface area contributed by atoms with Gasteiger partial charge in [0.05, 0.1) is 12.1 Å². The summed E-state index contributed by atoms with van der Waals surface area (Å²) in [7, 11) is 0. The average molecular weight is 222 g/mol. The lowest BCUT2D eigenvalue weighted by atomic mass is 10.1. The van der Waals surface area contributed by atoms with E-state index in [2.05, 4.69) is 5.32 Å². The molecule has 1 fully saturated rings. The van der Waals surface area contributed by atoms with Gasteiger partial charge in [0, 0.05) is 26.2 Å². The number of hydrogen-bond donors (Lipinski definition) is 1. The van der Waals surface area contributed by atoms with E-state index in [0.717, 1.165) is 26.2 Å². The van der Waals surface area contributed by atoms with Crippen LogP contribution >= 0.6 is 0 Å². The van der Waals surface area contributed by atoms with Crippen LogP contribution in [-0.2, 0) is 0 Å². The Morgan fingerprint density at radius 2 is 2.00 bits per heavy atom. The fourth-order valence-corrected chi connectivity index (χ4v) is 1.84. The quantitative estimate of drug-likeness (QED) is 0.772. The van der Waals surface area contributed by atoms with Crippen molar-refractivity contribution in [2.45, 2.75) is 0 Å². The first-order valence-corrected chi connectivity index (χ1v) is 5.48. The lowest BCUT2D eigenvalue weighted by Gasteiger charge is -2.26. The Morgan fingerprint density at radius 3 is 2.69 bits per heavy atom. The summed E-state index contributed by atoms with van der Waals surface area (Å²) in [5.74, 6) is -0.567. The number of benzene rings is 1. The van der Waals surface area contributed by atoms with Crippen molar-refractivity contribution in [1.82, 2.24) is 10.2 Å². The molecule has 0 amide bonds. The van der Waals surface area contributed by atoms with Crippen molar-refractivity contribution in [3.05, 3.63) is 35.6 Å². The van der Waals surface area contributed by atoms with Crippen LogP contribution in [0.4, 0.5) is 4.39 Å². The van der Waals surface area contributed by atoms with Gasteiger partial charge in [-0.25, -0.2) is 4.39 Å². The second-order valence-corrected chi connectivity index (χ2v) is 3.93. The third kappa shape index (κ3) is 2.65. The minimum absolute atomic E-state index is 0.139. The molecule has 16 heavy (non-hydrogen) atoms. The molecular weight excluding hydrogens is 207 g/mol. The Kier molecular flexibility index (Phi) is 3.64. The van der Waals surface area contributed by atoms with Gasteiger partial charge in [-0.05, 0) is 12.1 Å². The molecule has 1 heterocycles. The molecule has 0 unspecified atom stereocenters. The molecule has 1 aromatic carbocycles. The largest absolute Gasteiger partial charge is 0.314 e. The molecule has 1 saturated heterocycles. The van der Waals surface area contributed by atoms with Gasteiger partial charge in [-0.15, -0.1) is 0 Å². The Labute approximate surface area is 94.3 Å². The van der Waals surface area contributed by atoms with Gasteiger partial charge in [0.2, 0.25) is 0 Å². The van der Waals surface area contributed by atoms with Gasteiger partial charge in [0.1, 0.15) is 5.82 Å². The van der Waals surface area contributed by atoms with Crippen molar-refractivity contribution in [1.29, 1.82) is 0 Å². The Hall–Kier alpha value is -1.26. The average Bonchev–Trinajstić information content (AvgIpc) is 2.31. The highest BCUT2D eigenvalue weighted by molar-refractivity contribution is 5.97. The zero-order chi connectivity index (χ0) is 11.4. The number of halogens is 1. The van der Waals surface area contributed by atoms with Crippen LogP contribution in [0.3, 0.4) is 0 Å². The van der Waals surface area contributed by atoms with Gasteiger partial charge < -0.3 is 5.32 Å². The summed E-state index contributed by atoms with van der Waals surface area (Å²) in [6.07, 6.45) is 0. The summed E-state index contributed by atoms with van der Waals surface area (Å²) in [5, 5.41) is 3.21. The van der Waals surface area contributed by atoms with Crippen LogP contribution in [0.25, 0.3) is 0 Å². The van der Waals surface area contributed by atoms with E-state index in [1.54, 1.807) is 18.2 Å². The van der Waals surface area contributed by atoms with Crippen molar-refractivity contribution < 1.29 is 9.18 Å².